The van der Waals surface area contributed by atoms with Crippen molar-refractivity contribution in [3.8, 4) is 0 Å². The Kier molecular flexibility index (Phi) is 5.67. The first-order valence-electron chi connectivity index (χ1n) is 6.78. The minimum absolute atomic E-state index is 0.157. The van der Waals surface area contributed by atoms with Gasteiger partial charge < -0.3 is 5.32 Å². The van der Waals surface area contributed by atoms with E-state index in [1.165, 1.54) is 15.3 Å². The summed E-state index contributed by atoms with van der Waals surface area (Å²) in [6, 6.07) is 8.47. The van der Waals surface area contributed by atoms with Crippen LogP contribution in [-0.4, -0.2) is 6.54 Å². The molecule has 4 heteroatoms. The van der Waals surface area contributed by atoms with Gasteiger partial charge in [0, 0.05) is 19.2 Å². The van der Waals surface area contributed by atoms with E-state index in [9.17, 15) is 0 Å². The zero-order valence-corrected chi connectivity index (χ0v) is 15.1. The van der Waals surface area contributed by atoms with Crippen molar-refractivity contribution in [1.29, 1.82) is 0 Å². The fourth-order valence-electron chi connectivity index (χ4n) is 2.35. The molecule has 1 aromatic heterocycles. The second-order valence-corrected chi connectivity index (χ2v) is 7.70. The summed E-state index contributed by atoms with van der Waals surface area (Å²) in [5.41, 5.74) is 2.47. The largest absolute Gasteiger partial charge is 0.306 e. The van der Waals surface area contributed by atoms with Gasteiger partial charge in [-0.15, -0.1) is 11.3 Å². The summed E-state index contributed by atoms with van der Waals surface area (Å²) in [6.45, 7) is 7.49. The Balaban J connectivity index is 2.46. The van der Waals surface area contributed by atoms with E-state index in [2.05, 4.69) is 54.2 Å². The lowest BCUT2D eigenvalue weighted by atomic mass is 9.99. The zero-order chi connectivity index (χ0) is 14.7. The normalized spacial score (nSPS) is 12.7. The van der Waals surface area contributed by atoms with Crippen molar-refractivity contribution in [2.75, 3.05) is 6.54 Å². The van der Waals surface area contributed by atoms with Crippen LogP contribution in [0.2, 0.25) is 5.02 Å². The monoisotopic (exact) mass is 371 g/mol. The quantitative estimate of drug-likeness (QED) is 0.692. The topological polar surface area (TPSA) is 12.0 Å². The molecule has 0 aliphatic rings. The number of hydrogen-bond donors (Lipinski definition) is 1. The molecule has 0 radical (unpaired) electrons. The molecule has 0 aliphatic carbocycles. The number of aryl methyl sites for hydroxylation is 2. The third-order valence-electron chi connectivity index (χ3n) is 3.26. The van der Waals surface area contributed by atoms with Crippen LogP contribution in [0.5, 0.6) is 0 Å². The molecular weight excluding hydrogens is 354 g/mol. The van der Waals surface area contributed by atoms with E-state index in [0.29, 0.717) is 0 Å². The number of hydrogen-bond acceptors (Lipinski definition) is 2. The average molecular weight is 373 g/mol. The summed E-state index contributed by atoms with van der Waals surface area (Å²) in [4.78, 5) is 2.69. The minimum atomic E-state index is 0.157. The highest BCUT2D eigenvalue weighted by Gasteiger charge is 2.20. The van der Waals surface area contributed by atoms with Crippen LogP contribution in [-0.2, 0) is 0 Å². The van der Waals surface area contributed by atoms with Gasteiger partial charge in [-0.1, -0.05) is 34.5 Å². The number of halogens is 2. The predicted octanol–water partition coefficient (Wildman–Crippen LogP) is 5.87. The van der Waals surface area contributed by atoms with Crippen molar-refractivity contribution in [3.05, 3.63) is 54.6 Å². The number of rotatable bonds is 5. The van der Waals surface area contributed by atoms with Crippen LogP contribution in [0.1, 0.15) is 40.3 Å². The molecule has 0 aliphatic heterocycles. The van der Waals surface area contributed by atoms with Crippen molar-refractivity contribution >= 4 is 38.9 Å². The first-order chi connectivity index (χ1) is 9.52. The van der Waals surface area contributed by atoms with Gasteiger partial charge in [0.05, 0.1) is 6.04 Å². The van der Waals surface area contributed by atoms with Crippen LogP contribution in [0.3, 0.4) is 0 Å². The molecule has 1 atom stereocenters. The van der Waals surface area contributed by atoms with E-state index < -0.39 is 0 Å². The number of nitrogens with one attached hydrogen (secondary N) is 1. The summed E-state index contributed by atoms with van der Waals surface area (Å²) in [7, 11) is 0. The SMILES string of the molecule is CCCNC(c1cc(Br)ccc1Cl)c1cc(C)sc1C. The standard InChI is InChI=1S/C16H19BrClNS/c1-4-7-19-16(13-8-10(2)20-11(13)3)14-9-12(17)5-6-15(14)18/h5-6,8-9,16,19H,4,7H2,1-3H3. The van der Waals surface area contributed by atoms with Crippen molar-refractivity contribution in [3.63, 3.8) is 0 Å². The van der Waals surface area contributed by atoms with Gasteiger partial charge in [0.25, 0.3) is 0 Å². The Labute approximate surface area is 138 Å². The van der Waals surface area contributed by atoms with E-state index in [0.717, 1.165) is 28.0 Å². The molecule has 0 saturated carbocycles. The van der Waals surface area contributed by atoms with Crippen molar-refractivity contribution in [1.82, 2.24) is 5.32 Å². The Bertz CT molecular complexity index is 594. The zero-order valence-electron chi connectivity index (χ0n) is 12.0. The molecule has 2 aromatic rings. The van der Waals surface area contributed by atoms with Crippen molar-refractivity contribution in [2.24, 2.45) is 0 Å². The van der Waals surface area contributed by atoms with E-state index >= 15 is 0 Å². The summed E-state index contributed by atoms with van der Waals surface area (Å²) >= 11 is 11.8. The fourth-order valence-corrected chi connectivity index (χ4v) is 3.92. The molecule has 0 bridgehead atoms. The van der Waals surface area contributed by atoms with Gasteiger partial charge in [0.1, 0.15) is 0 Å². The molecule has 1 nitrogen and oxygen atoms in total. The molecule has 1 N–H and O–H groups in total. The third-order valence-corrected chi connectivity index (χ3v) is 5.08. The highest BCUT2D eigenvalue weighted by molar-refractivity contribution is 9.10. The molecule has 2 rings (SSSR count). The maximum atomic E-state index is 6.42. The summed E-state index contributed by atoms with van der Waals surface area (Å²) < 4.78 is 1.06. The average Bonchev–Trinajstić information content (AvgIpc) is 2.73. The Morgan fingerprint density at radius 3 is 2.60 bits per heavy atom. The molecule has 0 fully saturated rings. The van der Waals surface area contributed by atoms with E-state index in [1.807, 2.05) is 23.5 Å². The van der Waals surface area contributed by atoms with Crippen LogP contribution < -0.4 is 5.32 Å². The summed E-state index contributed by atoms with van der Waals surface area (Å²) in [6.07, 6.45) is 1.10. The van der Waals surface area contributed by atoms with E-state index in [1.54, 1.807) is 0 Å². The van der Waals surface area contributed by atoms with Gasteiger partial charge >= 0.3 is 0 Å². The van der Waals surface area contributed by atoms with Crippen LogP contribution in [0, 0.1) is 13.8 Å². The smallest absolute Gasteiger partial charge is 0.0602 e. The summed E-state index contributed by atoms with van der Waals surface area (Å²) in [5, 5.41) is 4.44. The van der Waals surface area contributed by atoms with Crippen LogP contribution in [0.4, 0.5) is 0 Å². The fraction of sp³-hybridized carbons (Fsp3) is 0.375. The molecular formula is C16H19BrClNS. The van der Waals surface area contributed by atoms with Crippen LogP contribution in [0.25, 0.3) is 0 Å². The molecule has 1 aromatic carbocycles. The minimum Gasteiger partial charge on any atom is -0.306 e. The van der Waals surface area contributed by atoms with Crippen molar-refractivity contribution in [2.45, 2.75) is 33.2 Å². The lowest BCUT2D eigenvalue weighted by Crippen LogP contribution is -2.23. The molecule has 108 valence electrons. The number of benzene rings is 1. The second-order valence-electron chi connectivity index (χ2n) is 4.92. The number of thiophene rings is 1. The second kappa shape index (κ2) is 7.08. The molecule has 1 heterocycles. The lowest BCUT2D eigenvalue weighted by Gasteiger charge is -2.21. The first kappa shape index (κ1) is 16.0. The predicted molar refractivity (Wildman–Crippen MR) is 93.1 cm³/mol. The molecule has 1 unspecified atom stereocenters. The van der Waals surface area contributed by atoms with Gasteiger partial charge in [-0.05, 0) is 62.2 Å². The Morgan fingerprint density at radius 1 is 1.25 bits per heavy atom. The van der Waals surface area contributed by atoms with E-state index in [-0.39, 0.29) is 6.04 Å². The molecule has 0 amide bonds. The van der Waals surface area contributed by atoms with Gasteiger partial charge in [0.2, 0.25) is 0 Å². The van der Waals surface area contributed by atoms with E-state index in [4.69, 9.17) is 11.6 Å². The Morgan fingerprint density at radius 2 is 2.00 bits per heavy atom. The summed E-state index contributed by atoms with van der Waals surface area (Å²) in [5.74, 6) is 0. The van der Waals surface area contributed by atoms with Gasteiger partial charge in [-0.2, -0.15) is 0 Å². The van der Waals surface area contributed by atoms with Gasteiger partial charge in [-0.3, -0.25) is 0 Å². The maximum absolute atomic E-state index is 6.42. The van der Waals surface area contributed by atoms with Crippen molar-refractivity contribution < 1.29 is 0 Å². The lowest BCUT2D eigenvalue weighted by molar-refractivity contribution is 0.598. The maximum Gasteiger partial charge on any atom is 0.0602 e. The third kappa shape index (κ3) is 3.64. The van der Waals surface area contributed by atoms with Gasteiger partial charge in [0.15, 0.2) is 0 Å². The van der Waals surface area contributed by atoms with Gasteiger partial charge in [-0.25, -0.2) is 0 Å². The highest BCUT2D eigenvalue weighted by Crippen LogP contribution is 2.35. The molecule has 0 saturated heterocycles. The van der Waals surface area contributed by atoms with Crippen LogP contribution >= 0.6 is 38.9 Å². The van der Waals surface area contributed by atoms with Crippen LogP contribution in [0.15, 0.2) is 28.7 Å². The first-order valence-corrected chi connectivity index (χ1v) is 8.77. The molecule has 0 spiro atoms. The molecule has 20 heavy (non-hydrogen) atoms. The highest BCUT2D eigenvalue weighted by atomic mass is 79.9. The Hall–Kier alpha value is -0.350.